The van der Waals surface area contributed by atoms with Gasteiger partial charge in [-0.05, 0) is 111 Å². The molecule has 60 heavy (non-hydrogen) atoms. The van der Waals surface area contributed by atoms with Crippen LogP contribution in [0.25, 0.3) is 16.7 Å². The van der Waals surface area contributed by atoms with Crippen molar-refractivity contribution in [2.75, 3.05) is 7.05 Å². The topological polar surface area (TPSA) is 3.24 Å². The molecule has 4 aromatic carbocycles. The molecule has 8 atom stereocenters. The zero-order chi connectivity index (χ0) is 40.6. The molecule has 1 heteroatoms. The summed E-state index contributed by atoms with van der Waals surface area (Å²) >= 11 is 0. The summed E-state index contributed by atoms with van der Waals surface area (Å²) in [5.41, 5.74) is 15.9. The Morgan fingerprint density at radius 1 is 0.700 bits per heavy atom. The first-order chi connectivity index (χ1) is 29.4. The summed E-state index contributed by atoms with van der Waals surface area (Å²) in [4.78, 5) is 2.49. The van der Waals surface area contributed by atoms with Crippen LogP contribution in [-0.4, -0.2) is 11.9 Å². The third kappa shape index (κ3) is 5.11. The van der Waals surface area contributed by atoms with Gasteiger partial charge in [-0.2, -0.15) is 0 Å². The first-order valence-corrected chi connectivity index (χ1v) is 22.4. The third-order valence-corrected chi connectivity index (χ3v) is 15.6. The molecule has 8 unspecified atom stereocenters. The fourth-order valence-corrected chi connectivity index (χ4v) is 13.1. The fraction of sp³-hybridized carbons (Fsp3) is 0.254. The molecule has 0 aromatic heterocycles. The summed E-state index contributed by atoms with van der Waals surface area (Å²) in [6, 6.07) is 37.8. The van der Waals surface area contributed by atoms with Gasteiger partial charge in [-0.25, -0.2) is 0 Å². The van der Waals surface area contributed by atoms with E-state index >= 15 is 0 Å². The molecule has 0 amide bonds. The molecule has 4 aromatic rings. The van der Waals surface area contributed by atoms with Crippen molar-refractivity contribution in [1.29, 1.82) is 0 Å². The van der Waals surface area contributed by atoms with Crippen molar-refractivity contribution in [2.45, 2.75) is 56.9 Å². The van der Waals surface area contributed by atoms with E-state index < -0.39 is 5.41 Å². The van der Waals surface area contributed by atoms with Crippen LogP contribution in [0.4, 0.5) is 0 Å². The highest BCUT2D eigenvalue weighted by atomic mass is 15.1. The second-order valence-corrected chi connectivity index (χ2v) is 18.7. The lowest BCUT2D eigenvalue weighted by Gasteiger charge is -2.65. The van der Waals surface area contributed by atoms with Crippen LogP contribution in [0.3, 0.4) is 0 Å². The number of fused-ring (bicyclic) bond motifs is 5. The molecule has 11 rings (SSSR count). The average Bonchev–Trinajstić information content (AvgIpc) is 3.60. The molecule has 1 heterocycles. The summed E-state index contributed by atoms with van der Waals surface area (Å²) in [6.45, 7) is 7.48. The summed E-state index contributed by atoms with van der Waals surface area (Å²) in [7, 11) is 2.27. The van der Waals surface area contributed by atoms with Crippen molar-refractivity contribution in [1.82, 2.24) is 4.90 Å². The van der Waals surface area contributed by atoms with Crippen molar-refractivity contribution in [3.8, 4) is 11.1 Å². The zero-order valence-corrected chi connectivity index (χ0v) is 35.4. The van der Waals surface area contributed by atoms with Gasteiger partial charge in [-0.1, -0.05) is 202 Å². The van der Waals surface area contributed by atoms with Gasteiger partial charge < -0.3 is 4.90 Å². The van der Waals surface area contributed by atoms with E-state index in [9.17, 15) is 0 Å². The second kappa shape index (κ2) is 14.1. The van der Waals surface area contributed by atoms with Gasteiger partial charge in [0, 0.05) is 34.9 Å². The van der Waals surface area contributed by atoms with Crippen LogP contribution in [0.5, 0.6) is 0 Å². The molecule has 1 aliphatic heterocycles. The first kappa shape index (κ1) is 37.1. The van der Waals surface area contributed by atoms with Gasteiger partial charge in [0.15, 0.2) is 0 Å². The SMILES string of the molecule is CC1C=CC=C(C2(c3cccc(C4=CC(c5ccccc5)N(C)C(C5=CC=CCC5)=C4)c3)c3cccc4c3C(C3C=CC=CC3C)(c3ccccc3-4)C3(C)C=CC=CC23)C1. The number of hydrogen-bond donors (Lipinski definition) is 0. The van der Waals surface area contributed by atoms with Crippen LogP contribution < -0.4 is 0 Å². The third-order valence-electron chi connectivity index (χ3n) is 15.6. The molecule has 0 fully saturated rings. The lowest BCUT2D eigenvalue weighted by Crippen LogP contribution is -2.63. The zero-order valence-electron chi connectivity index (χ0n) is 35.4. The molecular formula is C59H55N. The molecule has 0 saturated carbocycles. The number of rotatable bonds is 6. The smallest absolute Gasteiger partial charge is 0.0732 e. The minimum absolute atomic E-state index is 0.123. The number of benzene rings is 4. The van der Waals surface area contributed by atoms with E-state index in [1.165, 1.54) is 66.9 Å². The summed E-state index contributed by atoms with van der Waals surface area (Å²) in [6.07, 6.45) is 41.8. The molecule has 0 N–H and O–H groups in total. The molecule has 0 saturated heterocycles. The Morgan fingerprint density at radius 3 is 2.32 bits per heavy atom. The minimum Gasteiger partial charge on any atom is -0.364 e. The molecule has 7 aliphatic rings. The summed E-state index contributed by atoms with van der Waals surface area (Å²) in [5, 5.41) is 0. The van der Waals surface area contributed by atoms with Crippen LogP contribution in [0.1, 0.15) is 79.5 Å². The first-order valence-electron chi connectivity index (χ1n) is 22.4. The quantitative estimate of drug-likeness (QED) is 0.188. The van der Waals surface area contributed by atoms with Crippen LogP contribution >= 0.6 is 0 Å². The predicted octanol–water partition coefficient (Wildman–Crippen LogP) is 14.1. The molecule has 1 nitrogen and oxygen atoms in total. The van der Waals surface area contributed by atoms with Gasteiger partial charge in [0.25, 0.3) is 0 Å². The Bertz CT molecular complexity index is 2720. The van der Waals surface area contributed by atoms with Crippen molar-refractivity contribution >= 4 is 5.57 Å². The minimum atomic E-state index is -0.423. The maximum atomic E-state index is 2.63. The van der Waals surface area contributed by atoms with Gasteiger partial charge >= 0.3 is 0 Å². The van der Waals surface area contributed by atoms with Crippen LogP contribution in [-0.2, 0) is 10.8 Å². The molecule has 0 radical (unpaired) electrons. The Labute approximate surface area is 357 Å². The summed E-state index contributed by atoms with van der Waals surface area (Å²) < 4.78 is 0. The van der Waals surface area contributed by atoms with Gasteiger partial charge in [0.05, 0.1) is 6.04 Å². The number of allylic oxidation sites excluding steroid dienone is 18. The standard InChI is InChI=1S/C59H55N/c1-40-20-17-27-46(36-40)58(47-28-18-26-44(37-47)45-38-53(42-22-7-5-8-23-42)60(4)54(39-45)43-24-9-6-10-25-43)52-33-19-30-49-48-29-12-14-32-51(48)59(56(49)52,50-31-13-11-21-41(50)2)57(3)35-16-15-34-55(57)58/h5-9,11-24,26-35,37-41,50,53,55H,10,25,36H2,1-4H3. The molecule has 0 spiro atoms. The molecule has 296 valence electrons. The van der Waals surface area contributed by atoms with Crippen LogP contribution in [0.15, 0.2) is 211 Å². The monoisotopic (exact) mass is 777 g/mol. The van der Waals surface area contributed by atoms with Crippen molar-refractivity contribution in [3.05, 3.63) is 245 Å². The normalized spacial score (nSPS) is 31.8. The van der Waals surface area contributed by atoms with Gasteiger partial charge in [0.2, 0.25) is 0 Å². The largest absolute Gasteiger partial charge is 0.364 e. The van der Waals surface area contributed by atoms with Crippen LogP contribution in [0, 0.1) is 29.1 Å². The van der Waals surface area contributed by atoms with E-state index in [-0.39, 0.29) is 28.7 Å². The van der Waals surface area contributed by atoms with Crippen LogP contribution in [0.2, 0.25) is 0 Å². The average molecular weight is 778 g/mol. The van der Waals surface area contributed by atoms with E-state index in [0.29, 0.717) is 11.8 Å². The molecular weight excluding hydrogens is 723 g/mol. The molecule has 6 aliphatic carbocycles. The highest BCUT2D eigenvalue weighted by molar-refractivity contribution is 5.87. The maximum Gasteiger partial charge on any atom is 0.0732 e. The van der Waals surface area contributed by atoms with E-state index in [1.54, 1.807) is 0 Å². The highest BCUT2D eigenvalue weighted by Gasteiger charge is 2.70. The van der Waals surface area contributed by atoms with E-state index in [0.717, 1.165) is 19.3 Å². The Balaban J connectivity index is 1.21. The van der Waals surface area contributed by atoms with E-state index in [1.807, 2.05) is 0 Å². The lowest BCUT2D eigenvalue weighted by atomic mass is 9.36. The van der Waals surface area contributed by atoms with Gasteiger partial charge in [0.1, 0.15) is 0 Å². The number of nitrogens with zero attached hydrogens (tertiary/aromatic N) is 1. The highest BCUT2D eigenvalue weighted by Crippen LogP contribution is 2.75. The Kier molecular flexibility index (Phi) is 8.71. The van der Waals surface area contributed by atoms with E-state index in [4.69, 9.17) is 0 Å². The predicted molar refractivity (Wildman–Crippen MR) is 251 cm³/mol. The van der Waals surface area contributed by atoms with E-state index in [2.05, 4.69) is 227 Å². The van der Waals surface area contributed by atoms with Crippen molar-refractivity contribution in [3.63, 3.8) is 0 Å². The Hall–Kier alpha value is -5.92. The maximum absolute atomic E-state index is 2.63. The number of likely N-dealkylation sites (N-methyl/N-ethyl adjacent to an activating group) is 1. The summed E-state index contributed by atoms with van der Waals surface area (Å²) in [5.74, 6) is 1.24. The lowest BCUT2D eigenvalue weighted by molar-refractivity contribution is 0.0671. The number of hydrogen-bond acceptors (Lipinski definition) is 1. The van der Waals surface area contributed by atoms with Gasteiger partial charge in [-0.15, -0.1) is 0 Å². The Morgan fingerprint density at radius 2 is 1.48 bits per heavy atom. The van der Waals surface area contributed by atoms with Crippen molar-refractivity contribution < 1.29 is 0 Å². The fourth-order valence-electron chi connectivity index (χ4n) is 13.1. The van der Waals surface area contributed by atoms with Gasteiger partial charge in [-0.3, -0.25) is 0 Å². The van der Waals surface area contributed by atoms with Crippen molar-refractivity contribution in [2.24, 2.45) is 29.1 Å². The molecule has 0 bridgehead atoms. The second-order valence-electron chi connectivity index (χ2n) is 18.7.